The number of hydrogen-bond donors (Lipinski definition) is 0. The molecule has 2 bridgehead atoms. The first kappa shape index (κ1) is 23.8. The summed E-state index contributed by atoms with van der Waals surface area (Å²) in [6.45, 7) is 3.68. The number of likely N-dealkylation sites (tertiary alicyclic amines) is 1. The molecule has 3 fully saturated rings. The molecule has 0 amide bonds. The Morgan fingerprint density at radius 1 is 1.03 bits per heavy atom. The van der Waals surface area contributed by atoms with Crippen LogP contribution in [-0.4, -0.2) is 64.2 Å². The van der Waals surface area contributed by atoms with Gasteiger partial charge in [0.15, 0.2) is 11.5 Å². The van der Waals surface area contributed by atoms with Crippen molar-refractivity contribution < 1.29 is 23.7 Å². The van der Waals surface area contributed by atoms with Gasteiger partial charge in [-0.05, 0) is 79.8 Å². The van der Waals surface area contributed by atoms with E-state index in [1.165, 1.54) is 30.5 Å². The van der Waals surface area contributed by atoms with Gasteiger partial charge >= 0.3 is 0 Å². The Kier molecular flexibility index (Phi) is 5.91. The maximum absolute atomic E-state index is 6.92. The summed E-state index contributed by atoms with van der Waals surface area (Å²) >= 11 is 0. The molecule has 0 N–H and O–H groups in total. The predicted molar refractivity (Wildman–Crippen MR) is 141 cm³/mol. The van der Waals surface area contributed by atoms with Crippen LogP contribution in [0.25, 0.3) is 0 Å². The standard InChI is InChI=1S/C31H39NO5/c1-33-23-9-6-20(7-10-23)17-36-18-22-14-24-25-15-21-8-11-26(34-2)29-27(21)31(24,30(37-29)28(22)35-3)12-13-32(25)16-19-4-5-19/h6-11,19,22,24-25,28,30H,4-5,12-18H2,1-3H3. The second kappa shape index (κ2) is 9.18. The van der Waals surface area contributed by atoms with Gasteiger partial charge in [-0.25, -0.2) is 0 Å². The third-order valence-corrected chi connectivity index (χ3v) is 10.0. The first-order chi connectivity index (χ1) is 18.2. The van der Waals surface area contributed by atoms with Crippen molar-refractivity contribution in [3.05, 3.63) is 53.1 Å². The van der Waals surface area contributed by atoms with Crippen LogP contribution in [0.5, 0.6) is 17.2 Å². The molecule has 6 atom stereocenters. The average Bonchev–Trinajstić information content (AvgIpc) is 3.68. The minimum atomic E-state index is -0.00851. The molecule has 2 aliphatic heterocycles. The molecule has 2 saturated carbocycles. The Morgan fingerprint density at radius 2 is 1.86 bits per heavy atom. The lowest BCUT2D eigenvalue weighted by molar-refractivity contribution is -0.154. The van der Waals surface area contributed by atoms with Crippen molar-refractivity contribution in [3.8, 4) is 17.2 Å². The molecule has 6 nitrogen and oxygen atoms in total. The highest BCUT2D eigenvalue weighted by Crippen LogP contribution is 2.65. The minimum Gasteiger partial charge on any atom is -0.497 e. The van der Waals surface area contributed by atoms with E-state index in [2.05, 4.69) is 29.2 Å². The summed E-state index contributed by atoms with van der Waals surface area (Å²) in [5.74, 6) is 4.45. The van der Waals surface area contributed by atoms with Crippen LogP contribution in [0.15, 0.2) is 36.4 Å². The van der Waals surface area contributed by atoms with E-state index in [0.29, 0.717) is 25.2 Å². The van der Waals surface area contributed by atoms with Gasteiger partial charge in [0.1, 0.15) is 11.9 Å². The lowest BCUT2D eigenvalue weighted by Gasteiger charge is -2.61. The maximum atomic E-state index is 6.92. The highest BCUT2D eigenvalue weighted by molar-refractivity contribution is 5.61. The maximum Gasteiger partial charge on any atom is 0.165 e. The van der Waals surface area contributed by atoms with Crippen LogP contribution in [0.4, 0.5) is 0 Å². The lowest BCUT2D eigenvalue weighted by atomic mass is 9.49. The summed E-state index contributed by atoms with van der Waals surface area (Å²) in [7, 11) is 5.30. The summed E-state index contributed by atoms with van der Waals surface area (Å²) in [5, 5.41) is 0. The predicted octanol–water partition coefficient (Wildman–Crippen LogP) is 4.61. The summed E-state index contributed by atoms with van der Waals surface area (Å²) in [5.41, 5.74) is 4.06. The zero-order valence-corrected chi connectivity index (χ0v) is 22.3. The topological polar surface area (TPSA) is 49.4 Å². The highest BCUT2D eigenvalue weighted by Gasteiger charge is 2.67. The fourth-order valence-corrected chi connectivity index (χ4v) is 8.20. The van der Waals surface area contributed by atoms with E-state index in [9.17, 15) is 0 Å². The number of piperidine rings is 1. The molecule has 198 valence electrons. The van der Waals surface area contributed by atoms with Crippen molar-refractivity contribution in [1.82, 2.24) is 4.90 Å². The largest absolute Gasteiger partial charge is 0.497 e. The zero-order chi connectivity index (χ0) is 25.1. The van der Waals surface area contributed by atoms with Crippen molar-refractivity contribution in [2.75, 3.05) is 41.0 Å². The van der Waals surface area contributed by atoms with Gasteiger partial charge in [0.05, 0.1) is 33.5 Å². The van der Waals surface area contributed by atoms with Gasteiger partial charge in [-0.15, -0.1) is 0 Å². The first-order valence-electron chi connectivity index (χ1n) is 14.0. The molecule has 7 rings (SSSR count). The number of hydrogen-bond acceptors (Lipinski definition) is 6. The quantitative estimate of drug-likeness (QED) is 0.496. The van der Waals surface area contributed by atoms with Gasteiger partial charge in [-0.3, -0.25) is 4.90 Å². The third kappa shape index (κ3) is 3.70. The van der Waals surface area contributed by atoms with E-state index in [1.54, 1.807) is 14.2 Å². The van der Waals surface area contributed by atoms with E-state index < -0.39 is 0 Å². The van der Waals surface area contributed by atoms with Crippen LogP contribution in [-0.2, 0) is 27.9 Å². The Hall–Kier alpha value is -2.28. The van der Waals surface area contributed by atoms with Crippen LogP contribution in [0.3, 0.4) is 0 Å². The molecule has 2 aromatic rings. The summed E-state index contributed by atoms with van der Waals surface area (Å²) in [6.07, 6.45) is 6.15. The number of rotatable bonds is 9. The zero-order valence-electron chi connectivity index (χ0n) is 22.3. The second-order valence-electron chi connectivity index (χ2n) is 11.8. The number of methoxy groups -OCH3 is 3. The van der Waals surface area contributed by atoms with Crippen molar-refractivity contribution >= 4 is 0 Å². The molecule has 5 aliphatic rings. The molecule has 2 heterocycles. The van der Waals surface area contributed by atoms with Crippen LogP contribution in [0, 0.1) is 17.8 Å². The van der Waals surface area contributed by atoms with Crippen molar-refractivity contribution in [2.45, 2.75) is 62.4 Å². The van der Waals surface area contributed by atoms with Crippen molar-refractivity contribution in [3.63, 3.8) is 0 Å². The SMILES string of the molecule is COc1ccc(COCC2CC3C4Cc5ccc(OC)c6c5C3(CCN4CC3CC3)C(O6)C2OC)cc1. The average molecular weight is 506 g/mol. The Balaban J connectivity index is 1.19. The molecular weight excluding hydrogens is 466 g/mol. The van der Waals surface area contributed by atoms with Crippen LogP contribution in [0.2, 0.25) is 0 Å². The van der Waals surface area contributed by atoms with E-state index in [0.717, 1.165) is 54.5 Å². The molecule has 3 aliphatic carbocycles. The van der Waals surface area contributed by atoms with Crippen molar-refractivity contribution in [1.29, 1.82) is 0 Å². The molecule has 6 heteroatoms. The van der Waals surface area contributed by atoms with Gasteiger partial charge < -0.3 is 23.7 Å². The molecule has 1 saturated heterocycles. The Bertz CT molecular complexity index is 1150. The van der Waals surface area contributed by atoms with Gasteiger partial charge in [0, 0.05) is 36.6 Å². The molecule has 1 spiro atoms. The lowest BCUT2D eigenvalue weighted by Crippen LogP contribution is -2.69. The fourth-order valence-electron chi connectivity index (χ4n) is 8.20. The van der Waals surface area contributed by atoms with Crippen LogP contribution in [0.1, 0.15) is 42.4 Å². The Morgan fingerprint density at radius 3 is 2.59 bits per heavy atom. The summed E-state index contributed by atoms with van der Waals surface area (Å²) < 4.78 is 30.7. The molecule has 2 aromatic carbocycles. The number of nitrogens with zero attached hydrogens (tertiary/aromatic N) is 1. The molecule has 0 radical (unpaired) electrons. The number of benzene rings is 2. The van der Waals surface area contributed by atoms with E-state index in [4.69, 9.17) is 23.7 Å². The van der Waals surface area contributed by atoms with Gasteiger partial charge in [0.2, 0.25) is 0 Å². The van der Waals surface area contributed by atoms with Crippen molar-refractivity contribution in [2.24, 2.45) is 17.8 Å². The first-order valence-corrected chi connectivity index (χ1v) is 14.0. The van der Waals surface area contributed by atoms with E-state index in [1.807, 2.05) is 19.2 Å². The smallest absolute Gasteiger partial charge is 0.165 e. The van der Waals surface area contributed by atoms with Crippen LogP contribution >= 0.6 is 0 Å². The normalized spacial score (nSPS) is 33.5. The van der Waals surface area contributed by atoms with Gasteiger partial charge in [-0.2, -0.15) is 0 Å². The minimum absolute atomic E-state index is 0.00163. The van der Waals surface area contributed by atoms with Gasteiger partial charge in [0.25, 0.3) is 0 Å². The monoisotopic (exact) mass is 505 g/mol. The summed E-state index contributed by atoms with van der Waals surface area (Å²) in [4.78, 5) is 2.83. The summed E-state index contributed by atoms with van der Waals surface area (Å²) in [6, 6.07) is 13.1. The number of ether oxygens (including phenoxy) is 5. The Labute approximate surface area is 220 Å². The van der Waals surface area contributed by atoms with E-state index in [-0.39, 0.29) is 23.5 Å². The van der Waals surface area contributed by atoms with Crippen LogP contribution < -0.4 is 14.2 Å². The molecular formula is C31H39NO5. The highest BCUT2D eigenvalue weighted by atomic mass is 16.6. The van der Waals surface area contributed by atoms with Gasteiger partial charge in [-0.1, -0.05) is 18.2 Å². The second-order valence-corrected chi connectivity index (χ2v) is 11.8. The van der Waals surface area contributed by atoms with E-state index >= 15 is 0 Å². The fraction of sp³-hybridized carbons (Fsp3) is 0.613. The molecule has 0 aromatic heterocycles. The molecule has 6 unspecified atom stereocenters. The molecule has 37 heavy (non-hydrogen) atoms. The third-order valence-electron chi connectivity index (χ3n) is 10.0.